The van der Waals surface area contributed by atoms with Crippen LogP contribution < -0.4 is 5.32 Å². The lowest BCUT2D eigenvalue weighted by atomic mass is 10.1. The smallest absolute Gasteiger partial charge is 0.306 e. The molecule has 1 amide bonds. The van der Waals surface area contributed by atoms with Gasteiger partial charge < -0.3 is 5.32 Å². The second kappa shape index (κ2) is 5.94. The van der Waals surface area contributed by atoms with Crippen molar-refractivity contribution in [3.63, 3.8) is 0 Å². The van der Waals surface area contributed by atoms with E-state index in [4.69, 9.17) is 0 Å². The molecule has 7 nitrogen and oxygen atoms in total. The molecule has 1 N–H and O–H groups in total. The highest BCUT2D eigenvalue weighted by molar-refractivity contribution is 6.03. The summed E-state index contributed by atoms with van der Waals surface area (Å²) in [6.07, 6.45) is 2.15. The van der Waals surface area contributed by atoms with Gasteiger partial charge in [-0.15, -0.1) is 0 Å². The maximum atomic E-state index is 13.4. The van der Waals surface area contributed by atoms with E-state index < -0.39 is 22.3 Å². The molecule has 1 aromatic carbocycles. The molecule has 0 aliphatic heterocycles. The van der Waals surface area contributed by atoms with Crippen molar-refractivity contribution in [3.05, 3.63) is 51.6 Å². The van der Waals surface area contributed by atoms with Gasteiger partial charge in [-0.2, -0.15) is 9.49 Å². The van der Waals surface area contributed by atoms with Gasteiger partial charge in [-0.25, -0.2) is 0 Å². The van der Waals surface area contributed by atoms with Gasteiger partial charge in [-0.05, 0) is 51.8 Å². The first-order valence-corrected chi connectivity index (χ1v) is 8.02. The molecule has 0 spiro atoms. The summed E-state index contributed by atoms with van der Waals surface area (Å²) in [7, 11) is 0. The highest BCUT2D eigenvalue weighted by Crippen LogP contribution is 2.41. The van der Waals surface area contributed by atoms with Crippen molar-refractivity contribution in [1.29, 1.82) is 0 Å². The van der Waals surface area contributed by atoms with Crippen LogP contribution in [-0.4, -0.2) is 20.6 Å². The summed E-state index contributed by atoms with van der Waals surface area (Å²) < 4.78 is 15.2. The number of benzene rings is 1. The third-order valence-corrected chi connectivity index (χ3v) is 4.00. The van der Waals surface area contributed by atoms with E-state index in [9.17, 15) is 19.3 Å². The van der Waals surface area contributed by atoms with E-state index in [1.54, 1.807) is 6.07 Å². The molecule has 8 heteroatoms. The monoisotopic (exact) mass is 346 g/mol. The number of anilines is 1. The van der Waals surface area contributed by atoms with E-state index >= 15 is 0 Å². The number of nitro groups is 1. The number of nitro benzene ring substituents is 1. The Kier molecular flexibility index (Phi) is 4.06. The SMILES string of the molecule is CC(C)(C)n1nc(C(=O)Nc2ccc(F)c([N+](=O)[O-])c2)cc1C1CC1. The molecule has 0 radical (unpaired) electrons. The van der Waals surface area contributed by atoms with E-state index in [0.717, 1.165) is 30.7 Å². The highest BCUT2D eigenvalue weighted by Gasteiger charge is 2.32. The van der Waals surface area contributed by atoms with Gasteiger partial charge in [0, 0.05) is 23.4 Å². The zero-order chi connectivity index (χ0) is 18.4. The van der Waals surface area contributed by atoms with Crippen LogP contribution in [0.3, 0.4) is 0 Å². The Bertz CT molecular complexity index is 850. The molecule has 0 unspecified atom stereocenters. The minimum Gasteiger partial charge on any atom is -0.320 e. The maximum Gasteiger partial charge on any atom is 0.306 e. The van der Waals surface area contributed by atoms with Crippen molar-refractivity contribution in [2.45, 2.75) is 45.1 Å². The van der Waals surface area contributed by atoms with Crippen LogP contribution in [0.4, 0.5) is 15.8 Å². The van der Waals surface area contributed by atoms with Crippen LogP contribution in [0.2, 0.25) is 0 Å². The standard InChI is InChI=1S/C17H19FN4O3/c1-17(2,3)21-14(10-4-5-10)9-13(20-21)16(23)19-11-6-7-12(18)15(8-11)22(24)25/h6-10H,4-5H2,1-3H3,(H,19,23). The van der Waals surface area contributed by atoms with Crippen molar-refractivity contribution in [2.75, 3.05) is 5.32 Å². The van der Waals surface area contributed by atoms with Gasteiger partial charge in [-0.1, -0.05) is 0 Å². The summed E-state index contributed by atoms with van der Waals surface area (Å²) in [5, 5.41) is 17.8. The molecule has 1 aliphatic carbocycles. The van der Waals surface area contributed by atoms with Crippen molar-refractivity contribution in [1.82, 2.24) is 9.78 Å². The van der Waals surface area contributed by atoms with Crippen LogP contribution in [0.25, 0.3) is 0 Å². The topological polar surface area (TPSA) is 90.1 Å². The number of nitrogens with zero attached hydrogens (tertiary/aromatic N) is 3. The lowest BCUT2D eigenvalue weighted by Gasteiger charge is -2.22. The quantitative estimate of drug-likeness (QED) is 0.673. The van der Waals surface area contributed by atoms with Gasteiger partial charge in [-0.3, -0.25) is 19.6 Å². The van der Waals surface area contributed by atoms with E-state index in [0.29, 0.717) is 5.92 Å². The number of hydrogen-bond acceptors (Lipinski definition) is 4. The summed E-state index contributed by atoms with van der Waals surface area (Å²) in [4.78, 5) is 22.4. The van der Waals surface area contributed by atoms with Crippen LogP contribution in [0.5, 0.6) is 0 Å². The fraction of sp³-hybridized carbons (Fsp3) is 0.412. The normalized spacial score (nSPS) is 14.4. The van der Waals surface area contributed by atoms with Crippen LogP contribution in [0.15, 0.2) is 24.3 Å². The number of aromatic nitrogens is 2. The second-order valence-corrected chi connectivity index (χ2v) is 7.19. The summed E-state index contributed by atoms with van der Waals surface area (Å²) in [5.41, 5.74) is 0.463. The number of carbonyl (C=O) groups is 1. The molecule has 0 bridgehead atoms. The summed E-state index contributed by atoms with van der Waals surface area (Å²) in [6.45, 7) is 6.03. The number of amides is 1. The Morgan fingerprint density at radius 2 is 2.04 bits per heavy atom. The first-order valence-electron chi connectivity index (χ1n) is 8.02. The number of nitrogens with one attached hydrogen (secondary N) is 1. The molecule has 1 aliphatic rings. The summed E-state index contributed by atoms with van der Waals surface area (Å²) in [6, 6.07) is 4.99. The third kappa shape index (κ3) is 3.52. The molecule has 1 saturated carbocycles. The molecule has 0 atom stereocenters. The molecule has 1 heterocycles. The molecule has 3 rings (SSSR count). The Morgan fingerprint density at radius 3 is 2.60 bits per heavy atom. The highest BCUT2D eigenvalue weighted by atomic mass is 19.1. The lowest BCUT2D eigenvalue weighted by Crippen LogP contribution is -2.25. The predicted octanol–water partition coefficient (Wildman–Crippen LogP) is 3.82. The lowest BCUT2D eigenvalue weighted by molar-refractivity contribution is -0.387. The van der Waals surface area contributed by atoms with Gasteiger partial charge in [0.1, 0.15) is 0 Å². The van der Waals surface area contributed by atoms with Gasteiger partial charge >= 0.3 is 5.69 Å². The molecule has 2 aromatic rings. The van der Waals surface area contributed by atoms with Crippen molar-refractivity contribution in [3.8, 4) is 0 Å². The average molecular weight is 346 g/mol. The van der Waals surface area contributed by atoms with E-state index in [1.165, 1.54) is 6.07 Å². The van der Waals surface area contributed by atoms with Gasteiger partial charge in [0.2, 0.25) is 5.82 Å². The number of rotatable bonds is 4. The van der Waals surface area contributed by atoms with Crippen LogP contribution >= 0.6 is 0 Å². The Balaban J connectivity index is 1.87. The largest absolute Gasteiger partial charge is 0.320 e. The minimum atomic E-state index is -0.948. The first-order chi connectivity index (χ1) is 11.7. The summed E-state index contributed by atoms with van der Waals surface area (Å²) in [5.74, 6) is -1.01. The van der Waals surface area contributed by atoms with E-state index in [2.05, 4.69) is 10.4 Å². The number of carbonyl (C=O) groups excluding carboxylic acids is 1. The van der Waals surface area contributed by atoms with Gasteiger partial charge in [0.05, 0.1) is 10.5 Å². The minimum absolute atomic E-state index is 0.149. The zero-order valence-electron chi connectivity index (χ0n) is 14.2. The maximum absolute atomic E-state index is 13.4. The Hall–Kier alpha value is -2.77. The van der Waals surface area contributed by atoms with Gasteiger partial charge in [0.25, 0.3) is 5.91 Å². The first kappa shape index (κ1) is 17.1. The Morgan fingerprint density at radius 1 is 1.36 bits per heavy atom. The average Bonchev–Trinajstić information content (AvgIpc) is 3.25. The van der Waals surface area contributed by atoms with Crippen molar-refractivity contribution < 1.29 is 14.1 Å². The second-order valence-electron chi connectivity index (χ2n) is 7.19. The third-order valence-electron chi connectivity index (χ3n) is 4.00. The van der Waals surface area contributed by atoms with Gasteiger partial charge in [0.15, 0.2) is 5.69 Å². The molecular weight excluding hydrogens is 327 g/mol. The Labute approximate surface area is 144 Å². The predicted molar refractivity (Wildman–Crippen MR) is 90.2 cm³/mol. The molecule has 25 heavy (non-hydrogen) atoms. The molecule has 132 valence electrons. The van der Waals surface area contributed by atoms with Crippen LogP contribution in [0.1, 0.15) is 55.7 Å². The van der Waals surface area contributed by atoms with Crippen LogP contribution in [-0.2, 0) is 5.54 Å². The fourth-order valence-electron chi connectivity index (χ4n) is 2.64. The molecule has 0 saturated heterocycles. The zero-order valence-corrected chi connectivity index (χ0v) is 14.2. The fourth-order valence-corrected chi connectivity index (χ4v) is 2.64. The summed E-state index contributed by atoms with van der Waals surface area (Å²) >= 11 is 0. The molecule has 1 fully saturated rings. The molecule has 1 aromatic heterocycles. The van der Waals surface area contributed by atoms with Crippen molar-refractivity contribution >= 4 is 17.3 Å². The number of hydrogen-bond donors (Lipinski definition) is 1. The van der Waals surface area contributed by atoms with E-state index in [1.807, 2.05) is 25.5 Å². The number of halogens is 1. The van der Waals surface area contributed by atoms with Crippen LogP contribution in [0, 0.1) is 15.9 Å². The molecular formula is C17H19FN4O3. The van der Waals surface area contributed by atoms with Crippen molar-refractivity contribution in [2.24, 2.45) is 0 Å². The van der Waals surface area contributed by atoms with E-state index in [-0.39, 0.29) is 16.9 Å².